The van der Waals surface area contributed by atoms with Crippen LogP contribution in [0.15, 0.2) is 84.9 Å². The van der Waals surface area contributed by atoms with Crippen LogP contribution < -0.4 is 53.6 Å². The molecule has 0 bridgehead atoms. The highest BCUT2D eigenvalue weighted by atomic mass is 16.4. The highest BCUT2D eigenvalue weighted by Crippen LogP contribution is 2.15. The lowest BCUT2D eigenvalue weighted by atomic mass is 9.97. The van der Waals surface area contributed by atoms with E-state index in [0.29, 0.717) is 11.1 Å². The lowest BCUT2D eigenvalue weighted by Gasteiger charge is -2.29. The Balaban J connectivity index is 1.95. The molecule has 0 aliphatic heterocycles. The Morgan fingerprint density at radius 3 is 1.14 bits per heavy atom. The van der Waals surface area contributed by atoms with Gasteiger partial charge in [0.05, 0.1) is 38.2 Å². The molecule has 0 saturated heterocycles. The lowest BCUT2D eigenvalue weighted by molar-refractivity contribution is -0.144. The van der Waals surface area contributed by atoms with E-state index in [9.17, 15) is 93.3 Å². The summed E-state index contributed by atoms with van der Waals surface area (Å²) in [5, 5.41) is 90.6. The van der Waals surface area contributed by atoms with E-state index in [4.69, 9.17) is 5.73 Å². The second kappa shape index (κ2) is 33.6. The average molecular weight is 1170 g/mol. The molecule has 0 aliphatic carbocycles. The third-order valence-electron chi connectivity index (χ3n) is 12.8. The fraction of sp³-hybridized carbons (Fsp3) is 0.444. The number of carbonyl (C=O) groups excluding carboxylic acids is 9. The summed E-state index contributed by atoms with van der Waals surface area (Å²) in [7, 11) is 0. The van der Waals surface area contributed by atoms with Gasteiger partial charge in [-0.25, -0.2) is 4.79 Å². The van der Waals surface area contributed by atoms with Gasteiger partial charge in [0.15, 0.2) is 0 Å². The molecule has 83 heavy (non-hydrogen) atoms. The van der Waals surface area contributed by atoms with Crippen LogP contribution in [-0.4, -0.2) is 187 Å². The Morgan fingerprint density at radius 2 is 0.759 bits per heavy atom. The summed E-state index contributed by atoms with van der Waals surface area (Å²) in [6.07, 6.45) is -6.50. The van der Waals surface area contributed by atoms with Crippen molar-refractivity contribution in [2.24, 2.45) is 11.7 Å². The smallest absolute Gasteiger partial charge is 0.328 e. The van der Waals surface area contributed by atoms with Gasteiger partial charge in [0.25, 0.3) is 0 Å². The van der Waals surface area contributed by atoms with Gasteiger partial charge in [-0.2, -0.15) is 0 Å². The summed E-state index contributed by atoms with van der Waals surface area (Å²) in [4.78, 5) is 159. The maximum absolute atomic E-state index is 14.2. The summed E-state index contributed by atoms with van der Waals surface area (Å²) in [6, 6.07) is 5.36. The lowest BCUT2D eigenvalue weighted by Crippen LogP contribution is -2.63. The van der Waals surface area contributed by atoms with Gasteiger partial charge in [-0.05, 0) is 48.6 Å². The van der Waals surface area contributed by atoms with Crippen LogP contribution >= 0.6 is 0 Å². The molecule has 3 aromatic rings. The first-order chi connectivity index (χ1) is 39.2. The first kappa shape index (κ1) is 68.2. The average Bonchev–Trinajstić information content (AvgIpc) is 3.50. The van der Waals surface area contributed by atoms with Crippen LogP contribution in [0.3, 0.4) is 0 Å². The minimum atomic E-state index is -2.13. The van der Waals surface area contributed by atoms with E-state index < -0.39 is 176 Å². The van der Waals surface area contributed by atoms with E-state index in [1.807, 2.05) is 0 Å². The van der Waals surface area contributed by atoms with Gasteiger partial charge in [-0.3, -0.25) is 52.7 Å². The second-order valence-corrected chi connectivity index (χ2v) is 19.4. The first-order valence-corrected chi connectivity index (χ1v) is 26.1. The third-order valence-corrected chi connectivity index (χ3v) is 12.8. The van der Waals surface area contributed by atoms with Crippen molar-refractivity contribution in [3.8, 4) is 5.75 Å². The molecule has 0 aliphatic rings. The molecular formula is C54H72N10O19. The Bertz CT molecular complexity index is 2730. The van der Waals surface area contributed by atoms with Gasteiger partial charge >= 0.3 is 17.9 Å². The molecule has 0 aromatic heterocycles. The molecule has 0 heterocycles. The van der Waals surface area contributed by atoms with E-state index in [-0.39, 0.29) is 30.6 Å². The van der Waals surface area contributed by atoms with Crippen LogP contribution in [0, 0.1) is 5.92 Å². The minimum Gasteiger partial charge on any atom is -0.508 e. The zero-order valence-electron chi connectivity index (χ0n) is 45.8. The molecule has 3 rings (SSSR count). The maximum Gasteiger partial charge on any atom is 0.328 e. The van der Waals surface area contributed by atoms with Crippen LogP contribution in [0.2, 0.25) is 0 Å². The van der Waals surface area contributed by atoms with Crippen molar-refractivity contribution in [2.45, 2.75) is 133 Å². The number of phenols is 1. The standard InChI is InChI=1S/C54H72N10O19/c1-5-27(2)43(51(79)61-39(26-65)54(82)83)62-50(78)38(24-42(72)73)58-46(74)35(22-32-16-18-33(68)19-17-32)57-47(75)37(23-41(70)71)60-53(81)45(29(4)67)64-49(77)36(21-31-14-10-7-11-15-31)59-52(80)44(28(3)66)63-48(76)34(56-40(69)25-55)20-30-12-8-6-9-13-30/h6-19,27-29,34-39,43-45,65-68H,5,20-26,55H2,1-4H3,(H,56,69)(H,57,75)(H,58,74)(H,59,80)(H,60,81)(H,61,79)(H,62,78)(H,63,76)(H,64,77)(H,70,71)(H,72,73)(H,82,83)/t27-,28+,29+,34-,35-,36-,37-,38-,39-,43-,44-,45-/m0/s1. The van der Waals surface area contributed by atoms with Crippen molar-refractivity contribution in [3.63, 3.8) is 0 Å². The Kier molecular flexibility index (Phi) is 27.6. The molecule has 29 nitrogen and oxygen atoms in total. The van der Waals surface area contributed by atoms with Crippen LogP contribution in [-0.2, 0) is 76.8 Å². The highest BCUT2D eigenvalue weighted by Gasteiger charge is 2.39. The van der Waals surface area contributed by atoms with Gasteiger partial charge in [0, 0.05) is 19.3 Å². The SMILES string of the molecule is CC[C@H](C)[C@H](NC(=O)[C@H](CC(=O)O)NC(=O)[C@H](Cc1ccc(O)cc1)NC(=O)[C@H](CC(=O)O)NC(=O)[C@@H](NC(=O)[C@H](Cc1ccccc1)NC(=O)[C@@H](NC(=O)[C@H](Cc1ccccc1)NC(=O)CN)[C@@H](C)O)[C@@H](C)O)C(=O)N[C@@H](CO)C(=O)O. The van der Waals surface area contributed by atoms with Crippen LogP contribution in [0.1, 0.15) is 63.6 Å². The number of hydrogen-bond donors (Lipinski definition) is 17. The number of aliphatic hydroxyl groups is 3. The van der Waals surface area contributed by atoms with Crippen molar-refractivity contribution in [2.75, 3.05) is 13.2 Å². The second-order valence-electron chi connectivity index (χ2n) is 19.4. The monoisotopic (exact) mass is 1160 g/mol. The highest BCUT2D eigenvalue weighted by molar-refractivity contribution is 6.00. The first-order valence-electron chi connectivity index (χ1n) is 26.1. The van der Waals surface area contributed by atoms with E-state index in [1.165, 1.54) is 31.2 Å². The predicted molar refractivity (Wildman–Crippen MR) is 291 cm³/mol. The predicted octanol–water partition coefficient (Wildman–Crippen LogP) is -4.42. The molecule has 9 amide bonds. The van der Waals surface area contributed by atoms with Gasteiger partial charge in [-0.15, -0.1) is 0 Å². The fourth-order valence-corrected chi connectivity index (χ4v) is 8.00. The number of nitrogens with one attached hydrogen (secondary N) is 9. The molecule has 0 radical (unpaired) electrons. The molecular weight excluding hydrogens is 1090 g/mol. The van der Waals surface area contributed by atoms with E-state index in [1.54, 1.807) is 67.6 Å². The van der Waals surface area contributed by atoms with E-state index in [0.717, 1.165) is 13.8 Å². The molecule has 29 heteroatoms. The molecule has 0 saturated carbocycles. The molecule has 0 spiro atoms. The van der Waals surface area contributed by atoms with Gasteiger partial charge < -0.3 is 89.3 Å². The number of phenolic OH excluding ortho intramolecular Hbond substituents is 1. The van der Waals surface area contributed by atoms with E-state index >= 15 is 0 Å². The van der Waals surface area contributed by atoms with Crippen molar-refractivity contribution >= 4 is 71.1 Å². The number of carbonyl (C=O) groups is 12. The van der Waals surface area contributed by atoms with Gasteiger partial charge in [-0.1, -0.05) is 93.1 Å². The van der Waals surface area contributed by atoms with Gasteiger partial charge in [0.1, 0.15) is 60.1 Å². The summed E-state index contributed by atoms with van der Waals surface area (Å²) in [5.74, 6) is -16.3. The number of carboxylic acids is 3. The summed E-state index contributed by atoms with van der Waals surface area (Å²) >= 11 is 0. The fourth-order valence-electron chi connectivity index (χ4n) is 8.00. The molecule has 0 fully saturated rings. The summed E-state index contributed by atoms with van der Waals surface area (Å²) in [6.45, 7) is 3.77. The molecule has 12 atom stereocenters. The zero-order valence-corrected chi connectivity index (χ0v) is 45.8. The molecule has 0 unspecified atom stereocenters. The van der Waals surface area contributed by atoms with Gasteiger partial charge in [0.2, 0.25) is 53.2 Å². The number of aliphatic hydroxyl groups excluding tert-OH is 3. The zero-order chi connectivity index (χ0) is 62.1. The molecule has 3 aromatic carbocycles. The Hall–Kier alpha value is -9.06. The van der Waals surface area contributed by atoms with E-state index in [2.05, 4.69) is 47.9 Å². The number of aromatic hydroxyl groups is 1. The number of nitrogens with two attached hydrogens (primary N) is 1. The number of rotatable bonds is 34. The topological polar surface area (TPSA) is 481 Å². The quantitative estimate of drug-likeness (QED) is 0.0268. The Labute approximate surface area is 475 Å². The van der Waals surface area contributed by atoms with Crippen LogP contribution in [0.25, 0.3) is 0 Å². The van der Waals surface area contributed by atoms with Crippen molar-refractivity contribution in [1.82, 2.24) is 47.9 Å². The van der Waals surface area contributed by atoms with Crippen LogP contribution in [0.5, 0.6) is 5.75 Å². The maximum atomic E-state index is 14.2. The van der Waals surface area contributed by atoms with Crippen molar-refractivity contribution in [1.29, 1.82) is 0 Å². The molecule has 452 valence electrons. The number of aliphatic carboxylic acids is 3. The number of hydrogen-bond acceptors (Lipinski definition) is 17. The largest absolute Gasteiger partial charge is 0.508 e. The number of benzene rings is 3. The normalized spacial score (nSPS) is 15.3. The van der Waals surface area contributed by atoms with Crippen LogP contribution in [0.4, 0.5) is 0 Å². The number of amides is 9. The minimum absolute atomic E-state index is 0.0636. The van der Waals surface area contributed by atoms with Crippen molar-refractivity contribution < 1.29 is 93.3 Å². The molecule has 18 N–H and O–H groups in total. The third kappa shape index (κ3) is 22.8. The Morgan fingerprint density at radius 1 is 0.434 bits per heavy atom. The number of carboxylic acid groups (broad SMARTS) is 3. The summed E-state index contributed by atoms with van der Waals surface area (Å²) in [5.41, 5.74) is 6.74. The van der Waals surface area contributed by atoms with Crippen molar-refractivity contribution in [3.05, 3.63) is 102 Å². The summed E-state index contributed by atoms with van der Waals surface area (Å²) < 4.78 is 0.